The summed E-state index contributed by atoms with van der Waals surface area (Å²) in [7, 11) is -2.22. The summed E-state index contributed by atoms with van der Waals surface area (Å²) in [5, 5.41) is 9.38. The number of rotatable bonds is 9. The molecular formula is C10H25NO3Si. The van der Waals surface area contributed by atoms with Crippen molar-refractivity contribution in [3.63, 3.8) is 0 Å². The fraction of sp³-hybridized carbons (Fsp3) is 1.00. The maximum Gasteiger partial charge on any atom is 0.340 e. The average molecular weight is 235 g/mol. The molecule has 0 aromatic heterocycles. The van der Waals surface area contributed by atoms with Crippen molar-refractivity contribution in [2.75, 3.05) is 26.4 Å². The molecule has 0 aliphatic carbocycles. The van der Waals surface area contributed by atoms with Gasteiger partial charge in [0.2, 0.25) is 0 Å². The van der Waals surface area contributed by atoms with Crippen molar-refractivity contribution in [2.45, 2.75) is 38.8 Å². The summed E-state index contributed by atoms with van der Waals surface area (Å²) in [6, 6.07) is 0. The summed E-state index contributed by atoms with van der Waals surface area (Å²) >= 11 is 0. The van der Waals surface area contributed by atoms with E-state index in [1.807, 2.05) is 20.4 Å². The van der Waals surface area contributed by atoms with E-state index < -0.39 is 8.56 Å². The third kappa shape index (κ3) is 5.08. The highest BCUT2D eigenvalue weighted by molar-refractivity contribution is 6.67. The Bertz CT molecular complexity index is 152. The van der Waals surface area contributed by atoms with Gasteiger partial charge in [0.05, 0.1) is 0 Å². The lowest BCUT2D eigenvalue weighted by molar-refractivity contribution is 0.158. The van der Waals surface area contributed by atoms with Crippen LogP contribution < -0.4 is 5.73 Å². The van der Waals surface area contributed by atoms with Crippen LogP contribution in [0.25, 0.3) is 0 Å². The first-order chi connectivity index (χ1) is 7.14. The Morgan fingerprint density at radius 3 is 2.13 bits per heavy atom. The van der Waals surface area contributed by atoms with Gasteiger partial charge in [-0.1, -0.05) is 0 Å². The molecule has 0 bridgehead atoms. The zero-order valence-electron chi connectivity index (χ0n) is 10.2. The highest BCUT2D eigenvalue weighted by Gasteiger charge is 2.39. The molecule has 0 aromatic rings. The molecule has 0 saturated carbocycles. The Kier molecular flexibility index (Phi) is 8.27. The number of hydrogen-bond donors (Lipinski definition) is 2. The molecule has 0 fully saturated rings. The van der Waals surface area contributed by atoms with E-state index in [9.17, 15) is 5.11 Å². The molecule has 0 aromatic carbocycles. The number of hydrogen-bond acceptors (Lipinski definition) is 4. The smallest absolute Gasteiger partial charge is 0.340 e. The summed E-state index contributed by atoms with van der Waals surface area (Å²) in [5.74, 6) is 0. The Labute approximate surface area is 94.0 Å². The summed E-state index contributed by atoms with van der Waals surface area (Å²) in [6.07, 6.45) is 1.80. The minimum Gasteiger partial charge on any atom is -0.396 e. The Morgan fingerprint density at radius 1 is 1.27 bits per heavy atom. The molecule has 1 atom stereocenters. The van der Waals surface area contributed by atoms with Crippen molar-refractivity contribution < 1.29 is 14.0 Å². The highest BCUT2D eigenvalue weighted by Crippen LogP contribution is 2.28. The minimum absolute atomic E-state index is 0.126. The van der Waals surface area contributed by atoms with Gasteiger partial charge in [-0.2, -0.15) is 0 Å². The Morgan fingerprint density at radius 2 is 1.80 bits per heavy atom. The largest absolute Gasteiger partial charge is 0.396 e. The third-order valence-electron chi connectivity index (χ3n) is 2.58. The van der Waals surface area contributed by atoms with E-state index in [4.69, 9.17) is 14.6 Å². The quantitative estimate of drug-likeness (QED) is 0.590. The summed E-state index contributed by atoms with van der Waals surface area (Å²) in [5.41, 5.74) is 5.60. The van der Waals surface area contributed by atoms with Crippen LogP contribution >= 0.6 is 0 Å². The van der Waals surface area contributed by atoms with Crippen LogP contribution in [0, 0.1) is 0 Å². The van der Waals surface area contributed by atoms with E-state index in [2.05, 4.69) is 0 Å². The number of nitrogens with two attached hydrogens (primary N) is 1. The van der Waals surface area contributed by atoms with Crippen LogP contribution in [0.5, 0.6) is 0 Å². The zero-order valence-corrected chi connectivity index (χ0v) is 11.2. The predicted octanol–water partition coefficient (Wildman–Crippen LogP) is 1.23. The molecule has 1 unspecified atom stereocenters. The molecule has 0 radical (unpaired) electrons. The van der Waals surface area contributed by atoms with Crippen LogP contribution in [-0.2, 0) is 8.85 Å². The normalized spacial score (nSPS) is 14.2. The van der Waals surface area contributed by atoms with Crippen LogP contribution in [0.1, 0.15) is 26.7 Å². The van der Waals surface area contributed by atoms with Gasteiger partial charge in [-0.15, -0.1) is 0 Å². The maximum atomic E-state index is 9.38. The standard InChI is InChI=1S/C10H25NO3Si/c1-4-13-15(3,14-5-2)10(9-12)7-6-8-11/h10,12H,4-9,11H2,1-3H3. The van der Waals surface area contributed by atoms with Gasteiger partial charge in [-0.25, -0.2) is 0 Å². The maximum absolute atomic E-state index is 9.38. The van der Waals surface area contributed by atoms with Crippen LogP contribution in [-0.4, -0.2) is 40.0 Å². The molecule has 5 heteroatoms. The second kappa shape index (κ2) is 8.24. The molecule has 0 aliphatic heterocycles. The van der Waals surface area contributed by atoms with Gasteiger partial charge in [0, 0.05) is 25.4 Å². The van der Waals surface area contributed by atoms with Crippen LogP contribution in [0.2, 0.25) is 12.1 Å². The van der Waals surface area contributed by atoms with Crippen molar-refractivity contribution in [1.82, 2.24) is 0 Å². The van der Waals surface area contributed by atoms with Gasteiger partial charge < -0.3 is 19.7 Å². The third-order valence-corrected chi connectivity index (χ3v) is 6.26. The van der Waals surface area contributed by atoms with Crippen molar-refractivity contribution in [3.8, 4) is 0 Å². The van der Waals surface area contributed by atoms with Crippen LogP contribution in [0.15, 0.2) is 0 Å². The molecule has 15 heavy (non-hydrogen) atoms. The molecule has 0 spiro atoms. The Hall–Kier alpha value is 0.0569. The molecule has 0 saturated heterocycles. The highest BCUT2D eigenvalue weighted by atomic mass is 28.4. The molecular weight excluding hydrogens is 210 g/mol. The van der Waals surface area contributed by atoms with Gasteiger partial charge in [0.25, 0.3) is 0 Å². The zero-order chi connectivity index (χ0) is 11.7. The lowest BCUT2D eigenvalue weighted by Crippen LogP contribution is -2.45. The van der Waals surface area contributed by atoms with Gasteiger partial charge in [-0.05, 0) is 39.8 Å². The summed E-state index contributed by atoms with van der Waals surface area (Å²) in [6.45, 7) is 8.01. The molecule has 0 amide bonds. The molecule has 92 valence electrons. The minimum atomic E-state index is -2.22. The second-order valence-electron chi connectivity index (χ2n) is 3.69. The molecule has 0 heterocycles. The second-order valence-corrected chi connectivity index (χ2v) is 7.12. The molecule has 4 nitrogen and oxygen atoms in total. The van der Waals surface area contributed by atoms with Crippen molar-refractivity contribution in [1.29, 1.82) is 0 Å². The first-order valence-electron chi connectivity index (χ1n) is 5.73. The number of aliphatic hydroxyl groups excluding tert-OH is 1. The van der Waals surface area contributed by atoms with E-state index >= 15 is 0 Å². The van der Waals surface area contributed by atoms with E-state index in [0.29, 0.717) is 19.8 Å². The SMILES string of the molecule is CCO[Si](C)(OCC)C(CO)CCCN. The van der Waals surface area contributed by atoms with Gasteiger partial charge in [0.1, 0.15) is 0 Å². The fourth-order valence-electron chi connectivity index (χ4n) is 1.73. The van der Waals surface area contributed by atoms with E-state index in [-0.39, 0.29) is 12.1 Å². The molecule has 3 N–H and O–H groups in total. The van der Waals surface area contributed by atoms with Crippen molar-refractivity contribution in [3.05, 3.63) is 0 Å². The van der Waals surface area contributed by atoms with Gasteiger partial charge >= 0.3 is 8.56 Å². The van der Waals surface area contributed by atoms with Crippen molar-refractivity contribution >= 4 is 8.56 Å². The summed E-state index contributed by atoms with van der Waals surface area (Å²) < 4.78 is 11.5. The van der Waals surface area contributed by atoms with E-state index in [1.54, 1.807) is 0 Å². The van der Waals surface area contributed by atoms with Gasteiger partial charge in [0.15, 0.2) is 0 Å². The topological polar surface area (TPSA) is 64.7 Å². The lowest BCUT2D eigenvalue weighted by atomic mass is 10.2. The van der Waals surface area contributed by atoms with E-state index in [0.717, 1.165) is 12.8 Å². The lowest BCUT2D eigenvalue weighted by Gasteiger charge is -2.32. The first kappa shape index (κ1) is 15.1. The van der Waals surface area contributed by atoms with E-state index in [1.165, 1.54) is 0 Å². The molecule has 0 rings (SSSR count). The Balaban J connectivity index is 4.37. The first-order valence-corrected chi connectivity index (χ1v) is 8.12. The van der Waals surface area contributed by atoms with Crippen LogP contribution in [0.4, 0.5) is 0 Å². The summed E-state index contributed by atoms with van der Waals surface area (Å²) in [4.78, 5) is 0. The van der Waals surface area contributed by atoms with Crippen molar-refractivity contribution in [2.24, 2.45) is 5.73 Å². The number of aliphatic hydroxyl groups is 1. The monoisotopic (exact) mass is 235 g/mol. The predicted molar refractivity (Wildman–Crippen MR) is 64.0 cm³/mol. The average Bonchev–Trinajstić information content (AvgIpc) is 2.19. The fourth-order valence-corrected chi connectivity index (χ4v) is 4.50. The van der Waals surface area contributed by atoms with Gasteiger partial charge in [-0.3, -0.25) is 0 Å². The molecule has 0 aliphatic rings. The van der Waals surface area contributed by atoms with Crippen LogP contribution in [0.3, 0.4) is 0 Å².